The lowest BCUT2D eigenvalue weighted by atomic mass is 9.91. The molecular weight excluding hydrogens is 724 g/mol. The van der Waals surface area contributed by atoms with E-state index >= 15 is 0 Å². The van der Waals surface area contributed by atoms with Gasteiger partial charge in [-0.3, -0.25) is 29.4 Å². The number of aromatic nitrogens is 2. The van der Waals surface area contributed by atoms with Gasteiger partial charge in [-0.1, -0.05) is 38.4 Å². The number of carbonyl (C=O) groups excluding carboxylic acids is 2. The molecular formula is C31H29ClF8N6O5. The van der Waals surface area contributed by atoms with Crippen LogP contribution in [0.2, 0.25) is 5.02 Å². The number of halogens is 9. The average molecular weight is 753 g/mol. The number of aromatic amines is 1. The summed E-state index contributed by atoms with van der Waals surface area (Å²) in [4.78, 5) is 39.8. The van der Waals surface area contributed by atoms with Gasteiger partial charge in [-0.15, -0.1) is 0 Å². The van der Waals surface area contributed by atoms with E-state index in [2.05, 4.69) is 11.2 Å². The molecule has 3 aliphatic rings. The van der Waals surface area contributed by atoms with Crippen LogP contribution in [0.15, 0.2) is 24.4 Å². The maximum Gasteiger partial charge on any atom is 0.459 e. The number of aliphatic carboxylic acids is 1. The van der Waals surface area contributed by atoms with E-state index in [0.717, 1.165) is 16.1 Å². The Balaban J connectivity index is 1.53. The Bertz CT molecular complexity index is 1840. The molecule has 2 heterocycles. The summed E-state index contributed by atoms with van der Waals surface area (Å²) in [5.41, 5.74) is -7.19. The Morgan fingerprint density at radius 3 is 2.24 bits per heavy atom. The Morgan fingerprint density at radius 1 is 1.12 bits per heavy atom. The minimum Gasteiger partial charge on any atom is -0.481 e. The Morgan fingerprint density at radius 2 is 1.75 bits per heavy atom. The van der Waals surface area contributed by atoms with E-state index in [1.165, 1.54) is 30.3 Å². The van der Waals surface area contributed by atoms with Gasteiger partial charge in [0.05, 0.1) is 28.5 Å². The van der Waals surface area contributed by atoms with Gasteiger partial charge in [0.15, 0.2) is 12.0 Å². The van der Waals surface area contributed by atoms with Crippen LogP contribution < -0.4 is 5.01 Å². The molecule has 276 valence electrons. The van der Waals surface area contributed by atoms with Gasteiger partial charge >= 0.3 is 30.2 Å². The number of carbonyl (C=O) groups is 3. The van der Waals surface area contributed by atoms with Crippen molar-refractivity contribution in [2.24, 2.45) is 17.3 Å². The Kier molecular flexibility index (Phi) is 9.16. The van der Waals surface area contributed by atoms with Crippen LogP contribution in [0, 0.1) is 28.6 Å². The number of carboxylic acid groups (broad SMARTS) is 1. The smallest absolute Gasteiger partial charge is 0.459 e. The second-order valence-electron chi connectivity index (χ2n) is 13.6. The van der Waals surface area contributed by atoms with Gasteiger partial charge in [-0.05, 0) is 42.5 Å². The Hall–Kier alpha value is -4.44. The van der Waals surface area contributed by atoms with Crippen molar-refractivity contribution in [3.05, 3.63) is 51.8 Å². The predicted molar refractivity (Wildman–Crippen MR) is 160 cm³/mol. The highest BCUT2D eigenvalue weighted by Gasteiger charge is 2.64. The summed E-state index contributed by atoms with van der Waals surface area (Å²) in [5, 5.41) is 25.3. The van der Waals surface area contributed by atoms with E-state index in [4.69, 9.17) is 16.3 Å². The van der Waals surface area contributed by atoms with Gasteiger partial charge in [-0.25, -0.2) is 5.01 Å². The number of nitriles is 1. The van der Waals surface area contributed by atoms with Gasteiger partial charge < -0.3 is 9.84 Å². The molecule has 51 heavy (non-hydrogen) atoms. The number of likely N-dealkylation sites (N-methyl/N-ethyl adjacent to an activating group) is 1. The van der Waals surface area contributed by atoms with Crippen LogP contribution in [0.25, 0.3) is 5.57 Å². The molecule has 2 N–H and O–H groups in total. The van der Waals surface area contributed by atoms with Gasteiger partial charge in [0.1, 0.15) is 16.8 Å². The number of amides is 1. The SMILES string of the molecule is CN1CC(c2ccc(Cl)c(C(=O)N(C(OC(=O)C3CC3C(=O)O)C(C)(C)C)C3(C#N)CC3)c2)=CN1c1n[nH]c(C(F)(F)C(F)(F)F)c1C(F)(F)F. The number of nitrogens with zero attached hydrogens (tertiary/aromatic N) is 5. The summed E-state index contributed by atoms with van der Waals surface area (Å²) in [6.07, 6.45) is -12.0. The van der Waals surface area contributed by atoms with Gasteiger partial charge in [0.2, 0.25) is 0 Å². The lowest BCUT2D eigenvalue weighted by molar-refractivity contribution is -0.292. The molecule has 0 radical (unpaired) electrons. The second-order valence-corrected chi connectivity index (χ2v) is 14.0. The summed E-state index contributed by atoms with van der Waals surface area (Å²) in [6.45, 7) is 4.65. The molecule has 1 aromatic heterocycles. The first kappa shape index (κ1) is 37.8. The second kappa shape index (κ2) is 12.4. The number of ether oxygens (including phenoxy) is 1. The van der Waals surface area contributed by atoms with E-state index in [-0.39, 0.29) is 47.5 Å². The van der Waals surface area contributed by atoms with Crippen molar-refractivity contribution in [3.63, 3.8) is 0 Å². The number of hydrogen-bond acceptors (Lipinski definition) is 8. The number of alkyl halides is 8. The number of hydrazine groups is 1. The summed E-state index contributed by atoms with van der Waals surface area (Å²) < 4.78 is 115. The highest BCUT2D eigenvalue weighted by Crippen LogP contribution is 2.51. The van der Waals surface area contributed by atoms with Crippen LogP contribution in [0.3, 0.4) is 0 Å². The number of benzene rings is 1. The van der Waals surface area contributed by atoms with Crippen molar-refractivity contribution in [1.82, 2.24) is 20.1 Å². The van der Waals surface area contributed by atoms with Crippen LogP contribution in [-0.2, 0) is 26.4 Å². The van der Waals surface area contributed by atoms with E-state index in [1.807, 2.05) is 0 Å². The normalized spacial score (nSPS) is 21.1. The van der Waals surface area contributed by atoms with Crippen molar-refractivity contribution >= 4 is 40.8 Å². The largest absolute Gasteiger partial charge is 0.481 e. The molecule has 2 aliphatic carbocycles. The van der Waals surface area contributed by atoms with Crippen LogP contribution in [0.4, 0.5) is 40.9 Å². The first-order valence-corrected chi connectivity index (χ1v) is 15.5. The number of anilines is 1. The van der Waals surface area contributed by atoms with Gasteiger partial charge in [-0.2, -0.15) is 45.5 Å². The molecule has 3 atom stereocenters. The molecule has 20 heteroatoms. The first-order chi connectivity index (χ1) is 23.4. The summed E-state index contributed by atoms with van der Waals surface area (Å²) in [5.74, 6) is -12.1. The van der Waals surface area contributed by atoms with E-state index in [9.17, 15) is 59.9 Å². The fraction of sp³-hybridized carbons (Fsp3) is 0.516. The minimum atomic E-state index is -6.37. The van der Waals surface area contributed by atoms with Crippen molar-refractivity contribution in [3.8, 4) is 6.07 Å². The Labute approximate surface area is 289 Å². The van der Waals surface area contributed by atoms with Gasteiger partial charge in [0.25, 0.3) is 5.91 Å². The van der Waals surface area contributed by atoms with Crippen LogP contribution in [0.5, 0.6) is 0 Å². The molecule has 1 amide bonds. The molecule has 11 nitrogen and oxygen atoms in total. The summed E-state index contributed by atoms with van der Waals surface area (Å²) >= 11 is 6.46. The molecule has 0 spiro atoms. The maximum atomic E-state index is 14.4. The lowest BCUT2D eigenvalue weighted by Gasteiger charge is -2.41. The third-order valence-electron chi connectivity index (χ3n) is 8.76. The van der Waals surface area contributed by atoms with E-state index in [0.29, 0.717) is 5.01 Å². The molecule has 0 bridgehead atoms. The number of rotatable bonds is 9. The zero-order valence-corrected chi connectivity index (χ0v) is 27.8. The molecule has 0 saturated heterocycles. The summed E-state index contributed by atoms with van der Waals surface area (Å²) in [7, 11) is 1.21. The van der Waals surface area contributed by atoms with Crippen molar-refractivity contribution in [2.75, 3.05) is 18.6 Å². The first-order valence-electron chi connectivity index (χ1n) is 15.2. The quantitative estimate of drug-likeness (QED) is 0.165. The molecule has 1 aromatic carbocycles. The number of carboxylic acids is 1. The van der Waals surface area contributed by atoms with Crippen LogP contribution >= 0.6 is 11.6 Å². The average Bonchev–Trinajstić information content (AvgIpc) is 3.90. The number of hydrogen-bond donors (Lipinski definition) is 2. The standard InChI is InChI=1S/C31H29ClF8N6O5/c1-27(2,3)26(51-25(50)17-10-16(17)24(48)49)46(28(13-41)7-8-28)23(47)18-9-14(5-6-19(18)32)15-11-44(4)45(12-15)22-20(30(35,36)37)21(42-43-22)29(33,34)31(38,39)40/h5-6,9,12,16-17,26H,7-8,10-11H2,1-4H3,(H,42,43)(H,48,49). The van der Waals surface area contributed by atoms with E-state index < -0.39 is 82.2 Å². The third kappa shape index (κ3) is 6.82. The summed E-state index contributed by atoms with van der Waals surface area (Å²) in [6, 6.07) is 5.98. The van der Waals surface area contributed by atoms with Crippen LogP contribution in [0.1, 0.15) is 67.2 Å². The zero-order valence-electron chi connectivity index (χ0n) is 27.1. The monoisotopic (exact) mass is 752 g/mol. The molecule has 2 aromatic rings. The highest BCUT2D eigenvalue weighted by molar-refractivity contribution is 6.34. The fourth-order valence-corrected chi connectivity index (χ4v) is 5.94. The molecule has 2 saturated carbocycles. The van der Waals surface area contributed by atoms with E-state index in [1.54, 1.807) is 20.8 Å². The molecule has 3 unspecified atom stereocenters. The van der Waals surface area contributed by atoms with Crippen LogP contribution in [-0.4, -0.2) is 74.6 Å². The lowest BCUT2D eigenvalue weighted by Crippen LogP contribution is -2.55. The molecule has 2 fully saturated rings. The van der Waals surface area contributed by atoms with Crippen molar-refractivity contribution in [2.45, 2.75) is 70.1 Å². The fourth-order valence-electron chi connectivity index (χ4n) is 5.75. The van der Waals surface area contributed by atoms with Crippen molar-refractivity contribution < 1.29 is 59.4 Å². The minimum absolute atomic E-state index is 0.0334. The molecule has 5 rings (SSSR count). The number of nitrogens with one attached hydrogen (secondary N) is 1. The number of H-pyrrole nitrogens is 1. The highest BCUT2D eigenvalue weighted by atomic mass is 35.5. The molecule has 1 aliphatic heterocycles. The maximum absolute atomic E-state index is 14.4. The zero-order chi connectivity index (χ0) is 38.2. The van der Waals surface area contributed by atoms with Crippen molar-refractivity contribution in [1.29, 1.82) is 5.26 Å². The number of esters is 1. The topological polar surface area (TPSA) is 143 Å². The van der Waals surface area contributed by atoms with Gasteiger partial charge in [0, 0.05) is 25.2 Å². The third-order valence-corrected chi connectivity index (χ3v) is 9.09. The predicted octanol–water partition coefficient (Wildman–Crippen LogP) is 6.58.